The second-order valence-electron chi connectivity index (χ2n) is 5.11. The summed E-state index contributed by atoms with van der Waals surface area (Å²) in [6.07, 6.45) is 2.91. The van der Waals surface area contributed by atoms with Crippen molar-refractivity contribution >= 4 is 0 Å². The molecule has 0 aliphatic rings. The predicted molar refractivity (Wildman–Crippen MR) is 81.0 cm³/mol. The highest BCUT2D eigenvalue weighted by Crippen LogP contribution is 2.17. The van der Waals surface area contributed by atoms with E-state index in [9.17, 15) is 0 Å². The molecule has 0 atom stereocenters. The molecule has 21 heavy (non-hydrogen) atoms. The predicted octanol–water partition coefficient (Wildman–Crippen LogP) is 2.34. The third kappa shape index (κ3) is 4.07. The lowest BCUT2D eigenvalue weighted by molar-refractivity contribution is 0.200. The smallest absolute Gasteiger partial charge is 0.177 e. The average Bonchev–Trinajstić information content (AvgIpc) is 2.85. The monoisotopic (exact) mass is 289 g/mol. The van der Waals surface area contributed by atoms with Crippen LogP contribution in [0, 0.1) is 13.8 Å². The Bertz CT molecular complexity index is 573. The van der Waals surface area contributed by atoms with Crippen molar-refractivity contribution in [3.63, 3.8) is 0 Å². The number of methoxy groups -OCH3 is 1. The maximum absolute atomic E-state index is 5.11. The molecule has 0 radical (unpaired) electrons. The normalized spacial score (nSPS) is 11.0. The minimum atomic E-state index is 0.624. The van der Waals surface area contributed by atoms with E-state index in [1.54, 1.807) is 7.11 Å². The van der Waals surface area contributed by atoms with E-state index < -0.39 is 0 Å². The van der Waals surface area contributed by atoms with Gasteiger partial charge in [0.1, 0.15) is 11.5 Å². The van der Waals surface area contributed by atoms with Gasteiger partial charge in [-0.05, 0) is 26.3 Å². The Kier molecular flexibility index (Phi) is 5.38. The number of nitrogens with zero attached hydrogens (tertiary/aromatic N) is 5. The molecule has 0 saturated carbocycles. The van der Waals surface area contributed by atoms with E-state index in [0.29, 0.717) is 13.0 Å². The van der Waals surface area contributed by atoms with E-state index in [-0.39, 0.29) is 0 Å². The number of rotatable bonds is 7. The first-order valence-corrected chi connectivity index (χ1v) is 7.39. The molecule has 2 rings (SSSR count). The summed E-state index contributed by atoms with van der Waals surface area (Å²) >= 11 is 0. The summed E-state index contributed by atoms with van der Waals surface area (Å²) < 4.78 is 7.06. The standard InChI is InChI=1S/C15H23N5O/c1-5-6-8-20-15(18-14(19-20)7-9-21-4)13-10-11(2)16-12(3)17-13/h10H,5-9H2,1-4H3. The van der Waals surface area contributed by atoms with Gasteiger partial charge in [-0.3, -0.25) is 0 Å². The summed E-state index contributed by atoms with van der Waals surface area (Å²) in [6, 6.07) is 1.96. The van der Waals surface area contributed by atoms with E-state index in [1.165, 1.54) is 0 Å². The van der Waals surface area contributed by atoms with Crippen molar-refractivity contribution < 1.29 is 4.74 Å². The molecule has 0 aliphatic carbocycles. The fraction of sp³-hybridized carbons (Fsp3) is 0.600. The van der Waals surface area contributed by atoms with Gasteiger partial charge in [0.25, 0.3) is 0 Å². The molecule has 0 unspecified atom stereocenters. The summed E-state index contributed by atoms with van der Waals surface area (Å²) in [5.41, 5.74) is 1.79. The van der Waals surface area contributed by atoms with Crippen LogP contribution in [0.5, 0.6) is 0 Å². The number of hydrogen-bond acceptors (Lipinski definition) is 5. The lowest BCUT2D eigenvalue weighted by Gasteiger charge is -2.05. The van der Waals surface area contributed by atoms with Gasteiger partial charge in [0.15, 0.2) is 11.6 Å². The topological polar surface area (TPSA) is 65.7 Å². The molecule has 2 heterocycles. The highest BCUT2D eigenvalue weighted by molar-refractivity contribution is 5.49. The van der Waals surface area contributed by atoms with Crippen LogP contribution < -0.4 is 0 Å². The molecule has 2 aromatic heterocycles. The molecule has 0 aromatic carbocycles. The van der Waals surface area contributed by atoms with Gasteiger partial charge in [0, 0.05) is 25.8 Å². The van der Waals surface area contributed by atoms with E-state index in [1.807, 2.05) is 24.6 Å². The maximum Gasteiger partial charge on any atom is 0.177 e. The summed E-state index contributed by atoms with van der Waals surface area (Å²) in [5.74, 6) is 2.38. The Hall–Kier alpha value is -1.82. The van der Waals surface area contributed by atoms with Crippen molar-refractivity contribution in [2.45, 2.75) is 46.6 Å². The second kappa shape index (κ2) is 7.26. The SMILES string of the molecule is CCCCn1nc(CCOC)nc1-c1cc(C)nc(C)n1. The molecule has 0 spiro atoms. The molecular formula is C15H23N5O. The Balaban J connectivity index is 2.36. The van der Waals surface area contributed by atoms with Gasteiger partial charge in [-0.25, -0.2) is 19.6 Å². The molecule has 0 bridgehead atoms. The number of unbranched alkanes of at least 4 members (excludes halogenated alkanes) is 1. The largest absolute Gasteiger partial charge is 0.384 e. The molecule has 0 saturated heterocycles. The van der Waals surface area contributed by atoms with Crippen molar-refractivity contribution in [1.29, 1.82) is 0 Å². The van der Waals surface area contributed by atoms with E-state index in [0.717, 1.165) is 48.2 Å². The molecule has 2 aromatic rings. The Morgan fingerprint density at radius 2 is 2.00 bits per heavy atom. The van der Waals surface area contributed by atoms with Crippen LogP contribution in [0.3, 0.4) is 0 Å². The summed E-state index contributed by atoms with van der Waals surface area (Å²) in [6.45, 7) is 7.51. The third-order valence-corrected chi connectivity index (χ3v) is 3.16. The van der Waals surface area contributed by atoms with Gasteiger partial charge in [-0.1, -0.05) is 13.3 Å². The quantitative estimate of drug-likeness (QED) is 0.782. The first-order chi connectivity index (χ1) is 10.1. The molecule has 6 nitrogen and oxygen atoms in total. The molecule has 6 heteroatoms. The van der Waals surface area contributed by atoms with Crippen LogP contribution in [0.1, 0.15) is 37.1 Å². The second-order valence-corrected chi connectivity index (χ2v) is 5.11. The van der Waals surface area contributed by atoms with Crippen LogP contribution in [0.4, 0.5) is 0 Å². The lowest BCUT2D eigenvalue weighted by Crippen LogP contribution is -2.05. The molecular weight excluding hydrogens is 266 g/mol. The van der Waals surface area contributed by atoms with Crippen molar-refractivity contribution in [2.24, 2.45) is 0 Å². The molecule has 0 aliphatic heterocycles. The van der Waals surface area contributed by atoms with Crippen LogP contribution in [-0.2, 0) is 17.7 Å². The first-order valence-electron chi connectivity index (χ1n) is 7.39. The van der Waals surface area contributed by atoms with Crippen LogP contribution in [0.25, 0.3) is 11.5 Å². The van der Waals surface area contributed by atoms with E-state index >= 15 is 0 Å². The number of aryl methyl sites for hydroxylation is 3. The maximum atomic E-state index is 5.11. The minimum Gasteiger partial charge on any atom is -0.384 e. The van der Waals surface area contributed by atoms with Gasteiger partial charge < -0.3 is 4.74 Å². The van der Waals surface area contributed by atoms with Crippen LogP contribution in [0.2, 0.25) is 0 Å². The van der Waals surface area contributed by atoms with Crippen molar-refractivity contribution in [1.82, 2.24) is 24.7 Å². The fourth-order valence-corrected chi connectivity index (χ4v) is 2.17. The number of aromatic nitrogens is 5. The van der Waals surface area contributed by atoms with Gasteiger partial charge in [0.05, 0.1) is 6.61 Å². The first kappa shape index (κ1) is 15.6. The summed E-state index contributed by atoms with van der Waals surface area (Å²) in [4.78, 5) is 13.5. The van der Waals surface area contributed by atoms with Crippen molar-refractivity contribution in [3.8, 4) is 11.5 Å². The lowest BCUT2D eigenvalue weighted by atomic mass is 10.3. The minimum absolute atomic E-state index is 0.624. The van der Waals surface area contributed by atoms with Gasteiger partial charge in [-0.15, -0.1) is 0 Å². The molecule has 0 fully saturated rings. The number of hydrogen-bond donors (Lipinski definition) is 0. The zero-order valence-corrected chi connectivity index (χ0v) is 13.3. The van der Waals surface area contributed by atoms with Gasteiger partial charge >= 0.3 is 0 Å². The Morgan fingerprint density at radius 3 is 2.67 bits per heavy atom. The van der Waals surface area contributed by atoms with Crippen LogP contribution in [0.15, 0.2) is 6.07 Å². The van der Waals surface area contributed by atoms with E-state index in [4.69, 9.17) is 4.74 Å². The highest BCUT2D eigenvalue weighted by atomic mass is 16.5. The molecule has 0 amide bonds. The average molecular weight is 289 g/mol. The fourth-order valence-electron chi connectivity index (χ4n) is 2.17. The Morgan fingerprint density at radius 1 is 1.19 bits per heavy atom. The Labute approximate surface area is 125 Å². The summed E-state index contributed by atoms with van der Waals surface area (Å²) in [5, 5.41) is 4.59. The highest BCUT2D eigenvalue weighted by Gasteiger charge is 2.14. The van der Waals surface area contributed by atoms with Crippen LogP contribution in [-0.4, -0.2) is 38.4 Å². The van der Waals surface area contributed by atoms with Crippen LogP contribution >= 0.6 is 0 Å². The molecule has 0 N–H and O–H groups in total. The zero-order valence-electron chi connectivity index (χ0n) is 13.3. The number of ether oxygens (including phenoxy) is 1. The summed E-state index contributed by atoms with van der Waals surface area (Å²) in [7, 11) is 1.69. The van der Waals surface area contributed by atoms with Gasteiger partial charge in [-0.2, -0.15) is 5.10 Å². The van der Waals surface area contributed by atoms with Crippen molar-refractivity contribution in [2.75, 3.05) is 13.7 Å². The molecule has 114 valence electrons. The van der Waals surface area contributed by atoms with Crippen molar-refractivity contribution in [3.05, 3.63) is 23.4 Å². The van der Waals surface area contributed by atoms with Gasteiger partial charge in [0.2, 0.25) is 0 Å². The van der Waals surface area contributed by atoms with E-state index in [2.05, 4.69) is 27.0 Å². The zero-order chi connectivity index (χ0) is 15.2. The third-order valence-electron chi connectivity index (χ3n) is 3.16.